The van der Waals surface area contributed by atoms with Crippen LogP contribution in [0.4, 0.5) is 0 Å². The maximum atomic E-state index is 12.5. The highest BCUT2D eigenvalue weighted by Crippen LogP contribution is 2.43. The molecular formula is C37H74NO8P. The highest BCUT2D eigenvalue weighted by molar-refractivity contribution is 7.47. The third-order valence-corrected chi connectivity index (χ3v) is 9.46. The molecule has 0 aromatic heterocycles. The number of hydrogen-bond acceptors (Lipinski definition) is 8. The van der Waals surface area contributed by atoms with E-state index in [9.17, 15) is 19.0 Å². The van der Waals surface area contributed by atoms with Gasteiger partial charge in [0, 0.05) is 19.4 Å². The molecule has 10 heteroatoms. The Labute approximate surface area is 289 Å². The first kappa shape index (κ1) is 46.0. The summed E-state index contributed by atoms with van der Waals surface area (Å²) < 4.78 is 33.0. The Bertz CT molecular complexity index is 754. The van der Waals surface area contributed by atoms with Crippen LogP contribution < -0.4 is 5.32 Å². The Balaban J connectivity index is 4.25. The molecule has 0 saturated carbocycles. The lowest BCUT2D eigenvalue weighted by atomic mass is 10.0. The quantitative estimate of drug-likeness (QED) is 0.0372. The van der Waals surface area contributed by atoms with Crippen molar-refractivity contribution in [2.45, 2.75) is 193 Å². The Morgan fingerprint density at radius 1 is 0.574 bits per heavy atom. The zero-order chi connectivity index (χ0) is 34.7. The van der Waals surface area contributed by atoms with Crippen LogP contribution in [0.2, 0.25) is 0 Å². The number of hydrogen-bond donors (Lipinski definition) is 2. The zero-order valence-electron chi connectivity index (χ0n) is 30.7. The first-order valence-electron chi connectivity index (χ1n) is 19.5. The fourth-order valence-corrected chi connectivity index (χ4v) is 6.25. The summed E-state index contributed by atoms with van der Waals surface area (Å²) >= 11 is 0. The van der Waals surface area contributed by atoms with Crippen LogP contribution in [0.3, 0.4) is 0 Å². The summed E-state index contributed by atoms with van der Waals surface area (Å²) in [5.41, 5.74) is 0. The molecule has 0 aliphatic rings. The summed E-state index contributed by atoms with van der Waals surface area (Å²) in [5.74, 6) is -0.797. The van der Waals surface area contributed by atoms with Crippen LogP contribution in [0.1, 0.15) is 187 Å². The lowest BCUT2D eigenvalue weighted by molar-refractivity contribution is -0.161. The molecule has 0 heterocycles. The third-order valence-electron chi connectivity index (χ3n) is 8.48. The third kappa shape index (κ3) is 34.7. The summed E-state index contributed by atoms with van der Waals surface area (Å²) in [5, 5.41) is 2.82. The molecule has 280 valence electrons. The van der Waals surface area contributed by atoms with E-state index in [4.69, 9.17) is 18.5 Å². The smallest absolute Gasteiger partial charge is 0.462 e. The van der Waals surface area contributed by atoms with Crippen molar-refractivity contribution in [1.82, 2.24) is 5.32 Å². The van der Waals surface area contributed by atoms with Crippen LogP contribution in [0.5, 0.6) is 0 Å². The van der Waals surface area contributed by atoms with Crippen molar-refractivity contribution >= 4 is 19.8 Å². The van der Waals surface area contributed by atoms with Gasteiger partial charge in [0.2, 0.25) is 0 Å². The Kier molecular flexibility index (Phi) is 34.1. The van der Waals surface area contributed by atoms with Gasteiger partial charge < -0.3 is 19.7 Å². The number of phosphoric acid groups is 1. The van der Waals surface area contributed by atoms with Crippen molar-refractivity contribution in [3.63, 3.8) is 0 Å². The highest BCUT2D eigenvalue weighted by Gasteiger charge is 2.26. The lowest BCUT2D eigenvalue weighted by Crippen LogP contribution is -2.29. The molecule has 0 fully saturated rings. The van der Waals surface area contributed by atoms with E-state index in [2.05, 4.69) is 19.2 Å². The molecule has 2 atom stereocenters. The number of phosphoric ester groups is 1. The van der Waals surface area contributed by atoms with Crippen molar-refractivity contribution in [3.05, 3.63) is 0 Å². The monoisotopic (exact) mass is 692 g/mol. The van der Waals surface area contributed by atoms with Gasteiger partial charge in [0.1, 0.15) is 6.61 Å². The van der Waals surface area contributed by atoms with Crippen LogP contribution >= 0.6 is 7.82 Å². The number of likely N-dealkylation sites (N-methyl/N-ethyl adjacent to an activating group) is 1. The fourth-order valence-electron chi connectivity index (χ4n) is 5.49. The van der Waals surface area contributed by atoms with E-state index < -0.39 is 26.5 Å². The van der Waals surface area contributed by atoms with Crippen molar-refractivity contribution in [1.29, 1.82) is 0 Å². The molecule has 0 radical (unpaired) electrons. The number of carbonyl (C=O) groups is 2. The minimum Gasteiger partial charge on any atom is -0.462 e. The van der Waals surface area contributed by atoms with Crippen molar-refractivity contribution in [2.75, 3.05) is 33.4 Å². The van der Waals surface area contributed by atoms with Gasteiger partial charge in [-0.2, -0.15) is 0 Å². The molecule has 47 heavy (non-hydrogen) atoms. The van der Waals surface area contributed by atoms with Gasteiger partial charge in [-0.1, -0.05) is 162 Å². The van der Waals surface area contributed by atoms with Gasteiger partial charge in [0.15, 0.2) is 6.10 Å². The number of unbranched alkanes of at least 4 members (excludes halogenated alkanes) is 23. The standard InChI is InChI=1S/C37H74NO8P/c1-4-6-8-10-12-14-16-18-20-21-23-25-27-29-36(39)43-33-35(34-45-47(41,42)44-32-31-38-3)46-37(40)30-28-26-24-22-19-17-15-13-11-9-7-5-2/h35,38H,4-34H2,1-3H3,(H,41,42). The van der Waals surface area contributed by atoms with Gasteiger partial charge >= 0.3 is 19.8 Å². The maximum absolute atomic E-state index is 12.5. The first-order chi connectivity index (χ1) is 22.8. The second-order valence-corrected chi connectivity index (χ2v) is 14.6. The molecule has 0 aliphatic carbocycles. The minimum atomic E-state index is -4.33. The Morgan fingerprint density at radius 2 is 0.957 bits per heavy atom. The van der Waals surface area contributed by atoms with E-state index in [0.29, 0.717) is 19.4 Å². The average Bonchev–Trinajstić information content (AvgIpc) is 3.05. The summed E-state index contributed by atoms with van der Waals surface area (Å²) in [7, 11) is -2.63. The van der Waals surface area contributed by atoms with E-state index in [-0.39, 0.29) is 25.6 Å². The average molecular weight is 692 g/mol. The van der Waals surface area contributed by atoms with Crippen molar-refractivity contribution in [2.24, 2.45) is 0 Å². The second kappa shape index (κ2) is 34.9. The molecule has 0 saturated heterocycles. The minimum absolute atomic E-state index is 0.0121. The van der Waals surface area contributed by atoms with Crippen LogP contribution in [-0.2, 0) is 32.7 Å². The molecular weight excluding hydrogens is 617 g/mol. The molecule has 2 N–H and O–H groups in total. The van der Waals surface area contributed by atoms with E-state index in [1.807, 2.05) is 0 Å². The van der Waals surface area contributed by atoms with Crippen LogP contribution in [0, 0.1) is 0 Å². The molecule has 0 aromatic carbocycles. The molecule has 0 amide bonds. The zero-order valence-corrected chi connectivity index (χ0v) is 31.6. The van der Waals surface area contributed by atoms with Gasteiger partial charge in [-0.3, -0.25) is 18.6 Å². The number of carbonyl (C=O) groups excluding carboxylic acids is 2. The molecule has 2 unspecified atom stereocenters. The van der Waals surface area contributed by atoms with Crippen LogP contribution in [0.15, 0.2) is 0 Å². The van der Waals surface area contributed by atoms with Crippen molar-refractivity contribution in [3.8, 4) is 0 Å². The normalized spacial score (nSPS) is 13.4. The fraction of sp³-hybridized carbons (Fsp3) is 0.946. The van der Waals surface area contributed by atoms with Crippen LogP contribution in [0.25, 0.3) is 0 Å². The molecule has 0 aliphatic heterocycles. The molecule has 0 spiro atoms. The number of esters is 2. The predicted molar refractivity (Wildman–Crippen MR) is 193 cm³/mol. The predicted octanol–water partition coefficient (Wildman–Crippen LogP) is 10.4. The lowest BCUT2D eigenvalue weighted by Gasteiger charge is -2.20. The summed E-state index contributed by atoms with van der Waals surface area (Å²) in [6, 6.07) is 0. The van der Waals surface area contributed by atoms with Crippen molar-refractivity contribution < 1.29 is 37.6 Å². The highest BCUT2D eigenvalue weighted by atomic mass is 31.2. The largest absolute Gasteiger partial charge is 0.472 e. The molecule has 0 aromatic rings. The van der Waals surface area contributed by atoms with E-state index in [0.717, 1.165) is 32.1 Å². The van der Waals surface area contributed by atoms with E-state index >= 15 is 0 Å². The van der Waals surface area contributed by atoms with Gasteiger partial charge in [-0.25, -0.2) is 4.57 Å². The summed E-state index contributed by atoms with van der Waals surface area (Å²) in [4.78, 5) is 34.9. The number of rotatable bonds is 37. The Morgan fingerprint density at radius 3 is 1.36 bits per heavy atom. The van der Waals surface area contributed by atoms with E-state index in [1.54, 1.807) is 7.05 Å². The molecule has 0 rings (SSSR count). The second-order valence-electron chi connectivity index (χ2n) is 13.1. The van der Waals surface area contributed by atoms with Gasteiger partial charge in [0.05, 0.1) is 13.2 Å². The number of ether oxygens (including phenoxy) is 2. The molecule has 0 bridgehead atoms. The maximum Gasteiger partial charge on any atom is 0.472 e. The summed E-state index contributed by atoms with van der Waals surface area (Å²) in [6.45, 7) is 4.23. The SMILES string of the molecule is CCCCCCCCCCCCCCCC(=O)OCC(COP(=O)(O)OCCNC)OC(=O)CCCCCCCCCCCCCC. The molecule has 9 nitrogen and oxygen atoms in total. The number of nitrogens with one attached hydrogen (secondary N) is 1. The first-order valence-corrected chi connectivity index (χ1v) is 21.0. The van der Waals surface area contributed by atoms with Gasteiger partial charge in [-0.15, -0.1) is 0 Å². The summed E-state index contributed by atoms with van der Waals surface area (Å²) in [6.07, 6.45) is 30.0. The van der Waals surface area contributed by atoms with Crippen LogP contribution in [-0.4, -0.2) is 56.3 Å². The van der Waals surface area contributed by atoms with Gasteiger partial charge in [0.25, 0.3) is 0 Å². The topological polar surface area (TPSA) is 120 Å². The Hall–Kier alpha value is -0.990. The van der Waals surface area contributed by atoms with E-state index in [1.165, 1.54) is 122 Å². The van der Waals surface area contributed by atoms with Gasteiger partial charge in [-0.05, 0) is 19.9 Å².